The second-order valence-corrected chi connectivity index (χ2v) is 2.92. The topological polar surface area (TPSA) is 104 Å². The smallest absolute Gasteiger partial charge is 0.456 e. The zero-order valence-corrected chi connectivity index (χ0v) is 7.94. The van der Waals surface area contributed by atoms with Gasteiger partial charge in [-0.05, 0) is 17.1 Å². The van der Waals surface area contributed by atoms with Crippen molar-refractivity contribution in [2.45, 2.75) is 6.54 Å². The minimum absolute atomic E-state index is 0.189. The molecule has 0 aliphatic rings. The molecule has 0 spiro atoms. The summed E-state index contributed by atoms with van der Waals surface area (Å²) in [6.07, 6.45) is 1.80. The normalized spacial score (nSPS) is 10.2. The van der Waals surface area contributed by atoms with Gasteiger partial charge in [-0.2, -0.15) is 4.68 Å². The minimum atomic E-state index is -0.685. The molecular weight excluding hydrogens is 216 g/mol. The summed E-state index contributed by atoms with van der Waals surface area (Å²) in [5.41, 5.74) is 0. The maximum Gasteiger partial charge on any atom is 0.490 e. The molecule has 0 unspecified atom stereocenters. The first-order valence-electron chi connectivity index (χ1n) is 4.27. The van der Waals surface area contributed by atoms with Gasteiger partial charge in [0.1, 0.15) is 12.3 Å². The molecule has 0 aliphatic carbocycles. The molecule has 0 aliphatic heterocycles. The highest BCUT2D eigenvalue weighted by molar-refractivity contribution is 5.70. The average molecular weight is 222 g/mol. The molecule has 0 amide bonds. The first-order valence-corrected chi connectivity index (χ1v) is 4.27. The van der Waals surface area contributed by atoms with E-state index >= 15 is 0 Å². The van der Waals surface area contributed by atoms with E-state index in [0.717, 1.165) is 0 Å². The molecule has 0 fully saturated rings. The lowest BCUT2D eigenvalue weighted by atomic mass is 10.4. The van der Waals surface area contributed by atoms with Crippen LogP contribution in [0.1, 0.15) is 16.3 Å². The van der Waals surface area contributed by atoms with Crippen LogP contribution < -0.4 is 0 Å². The Bertz CT molecular complexity index is 530. The summed E-state index contributed by atoms with van der Waals surface area (Å²) in [6, 6.07) is 3.10. The van der Waals surface area contributed by atoms with Crippen LogP contribution in [0.2, 0.25) is 0 Å². The van der Waals surface area contributed by atoms with E-state index in [9.17, 15) is 14.9 Å². The molecule has 2 aromatic heterocycles. The first kappa shape index (κ1) is 10.0. The van der Waals surface area contributed by atoms with Crippen molar-refractivity contribution < 1.29 is 14.1 Å². The zero-order valence-electron chi connectivity index (χ0n) is 7.94. The molecule has 2 heterocycles. The molecule has 8 nitrogen and oxygen atoms in total. The van der Waals surface area contributed by atoms with Crippen LogP contribution in [0.15, 0.2) is 22.9 Å². The number of nitro groups is 1. The van der Waals surface area contributed by atoms with Crippen molar-refractivity contribution in [1.29, 1.82) is 0 Å². The number of hydrogen-bond acceptors (Lipinski definition) is 6. The van der Waals surface area contributed by atoms with E-state index in [0.29, 0.717) is 12.0 Å². The Morgan fingerprint density at radius 1 is 1.56 bits per heavy atom. The Labute approximate surface area is 88.7 Å². The lowest BCUT2D eigenvalue weighted by Gasteiger charge is -1.91. The molecule has 0 bridgehead atoms. The Hall–Kier alpha value is -2.51. The molecule has 0 atom stereocenters. The van der Waals surface area contributed by atoms with E-state index in [2.05, 4.69) is 10.1 Å². The zero-order chi connectivity index (χ0) is 11.5. The maximum atomic E-state index is 10.3. The Balaban J connectivity index is 2.13. The number of carbonyl (C=O) groups excluding carboxylic acids is 1. The maximum absolute atomic E-state index is 10.3. The first-order chi connectivity index (χ1) is 7.69. The molecule has 0 N–H and O–H groups in total. The third-order valence-electron chi connectivity index (χ3n) is 1.80. The summed E-state index contributed by atoms with van der Waals surface area (Å²) in [6.45, 7) is 0.189. The van der Waals surface area contributed by atoms with Gasteiger partial charge in [-0.15, -0.1) is 0 Å². The van der Waals surface area contributed by atoms with Gasteiger partial charge < -0.3 is 14.5 Å². The minimum Gasteiger partial charge on any atom is -0.456 e. The van der Waals surface area contributed by atoms with Crippen LogP contribution in [0.5, 0.6) is 0 Å². The Kier molecular flexibility index (Phi) is 2.46. The lowest BCUT2D eigenvalue weighted by molar-refractivity contribution is -0.394. The summed E-state index contributed by atoms with van der Waals surface area (Å²) in [7, 11) is 0. The standard InChI is InChI=1S/C8H6N4O4/c13-4-7-2-1-6(16-7)3-11-5-9-8(10-11)12(14)15/h1-2,4-5H,3H2. The number of aromatic nitrogens is 3. The van der Waals surface area contributed by atoms with E-state index in [1.807, 2.05) is 0 Å². The Morgan fingerprint density at radius 3 is 2.94 bits per heavy atom. The summed E-state index contributed by atoms with van der Waals surface area (Å²) in [5.74, 6) is 0.202. The predicted molar refractivity (Wildman–Crippen MR) is 49.9 cm³/mol. The van der Waals surface area contributed by atoms with Crippen molar-refractivity contribution in [2.75, 3.05) is 0 Å². The fourth-order valence-corrected chi connectivity index (χ4v) is 1.15. The van der Waals surface area contributed by atoms with Gasteiger partial charge in [0.15, 0.2) is 12.0 Å². The van der Waals surface area contributed by atoms with Crippen molar-refractivity contribution in [3.63, 3.8) is 0 Å². The van der Waals surface area contributed by atoms with Crippen LogP contribution in [0.4, 0.5) is 5.95 Å². The van der Waals surface area contributed by atoms with Gasteiger partial charge in [0.05, 0.1) is 0 Å². The van der Waals surface area contributed by atoms with Crippen LogP contribution in [-0.4, -0.2) is 26.0 Å². The molecule has 0 aromatic carbocycles. The highest BCUT2D eigenvalue weighted by Gasteiger charge is 2.14. The van der Waals surface area contributed by atoms with Gasteiger partial charge >= 0.3 is 5.95 Å². The van der Waals surface area contributed by atoms with E-state index in [4.69, 9.17) is 4.42 Å². The van der Waals surface area contributed by atoms with Gasteiger partial charge in [0.2, 0.25) is 6.33 Å². The van der Waals surface area contributed by atoms with Gasteiger partial charge in [0, 0.05) is 5.10 Å². The van der Waals surface area contributed by atoms with Gasteiger partial charge in [-0.3, -0.25) is 4.79 Å². The fraction of sp³-hybridized carbons (Fsp3) is 0.125. The quantitative estimate of drug-likeness (QED) is 0.427. The molecular formula is C8H6N4O4. The SMILES string of the molecule is O=Cc1ccc(Cn2cnc([N+](=O)[O-])n2)o1. The lowest BCUT2D eigenvalue weighted by Crippen LogP contribution is -2.00. The number of carbonyl (C=O) groups is 1. The molecule has 2 aromatic rings. The third kappa shape index (κ3) is 1.95. The number of furan rings is 1. The van der Waals surface area contributed by atoms with Crippen LogP contribution >= 0.6 is 0 Å². The summed E-state index contributed by atoms with van der Waals surface area (Å²) >= 11 is 0. The molecule has 82 valence electrons. The van der Waals surface area contributed by atoms with Crippen LogP contribution in [0.25, 0.3) is 0 Å². The summed E-state index contributed by atoms with van der Waals surface area (Å²) in [5, 5.41) is 13.9. The monoisotopic (exact) mass is 222 g/mol. The van der Waals surface area contributed by atoms with Crippen molar-refractivity contribution in [3.05, 3.63) is 40.1 Å². The molecule has 0 saturated heterocycles. The highest BCUT2D eigenvalue weighted by atomic mass is 16.6. The van der Waals surface area contributed by atoms with Crippen LogP contribution in [-0.2, 0) is 6.54 Å². The average Bonchev–Trinajstić information content (AvgIpc) is 2.87. The van der Waals surface area contributed by atoms with Crippen molar-refractivity contribution >= 4 is 12.2 Å². The van der Waals surface area contributed by atoms with E-state index in [1.54, 1.807) is 6.07 Å². The van der Waals surface area contributed by atoms with Crippen LogP contribution in [0.3, 0.4) is 0 Å². The Morgan fingerprint density at radius 2 is 2.38 bits per heavy atom. The van der Waals surface area contributed by atoms with E-state index in [-0.39, 0.29) is 12.3 Å². The molecule has 16 heavy (non-hydrogen) atoms. The van der Waals surface area contributed by atoms with E-state index in [1.165, 1.54) is 17.1 Å². The number of rotatable bonds is 4. The fourth-order valence-electron chi connectivity index (χ4n) is 1.15. The molecule has 8 heteroatoms. The molecule has 2 rings (SSSR count). The molecule has 0 radical (unpaired) electrons. The van der Waals surface area contributed by atoms with Crippen LogP contribution in [0, 0.1) is 10.1 Å². The van der Waals surface area contributed by atoms with Gasteiger partial charge in [-0.1, -0.05) is 4.98 Å². The highest BCUT2D eigenvalue weighted by Crippen LogP contribution is 2.08. The number of hydrogen-bond donors (Lipinski definition) is 0. The van der Waals surface area contributed by atoms with E-state index < -0.39 is 10.9 Å². The largest absolute Gasteiger partial charge is 0.490 e. The summed E-state index contributed by atoms with van der Waals surface area (Å²) < 4.78 is 6.34. The van der Waals surface area contributed by atoms with Crippen molar-refractivity contribution in [1.82, 2.24) is 14.8 Å². The van der Waals surface area contributed by atoms with Crippen molar-refractivity contribution in [2.24, 2.45) is 0 Å². The second-order valence-electron chi connectivity index (χ2n) is 2.92. The molecule has 0 saturated carbocycles. The number of aldehydes is 1. The van der Waals surface area contributed by atoms with Crippen molar-refractivity contribution in [3.8, 4) is 0 Å². The van der Waals surface area contributed by atoms with Gasteiger partial charge in [-0.25, -0.2) is 0 Å². The number of nitrogens with zero attached hydrogens (tertiary/aromatic N) is 4. The third-order valence-corrected chi connectivity index (χ3v) is 1.80. The second kappa shape index (κ2) is 3.93. The van der Waals surface area contributed by atoms with Gasteiger partial charge in [0.25, 0.3) is 0 Å². The summed E-state index contributed by atoms with van der Waals surface area (Å²) in [4.78, 5) is 23.5. The predicted octanol–water partition coefficient (Wildman–Crippen LogP) is 0.640.